The van der Waals surface area contributed by atoms with Crippen molar-refractivity contribution >= 4 is 12.2 Å². The summed E-state index contributed by atoms with van der Waals surface area (Å²) in [6.07, 6.45) is -0.327. The van der Waals surface area contributed by atoms with E-state index >= 15 is 0 Å². The maximum Gasteiger partial charge on any atom is 0.412 e. The molecule has 0 saturated carbocycles. The summed E-state index contributed by atoms with van der Waals surface area (Å²) in [4.78, 5) is 23.0. The van der Waals surface area contributed by atoms with Crippen LogP contribution < -0.4 is 20.1 Å². The van der Waals surface area contributed by atoms with Crippen LogP contribution in [0.15, 0.2) is 12.1 Å². The van der Waals surface area contributed by atoms with Crippen molar-refractivity contribution in [1.82, 2.24) is 10.6 Å². The molecule has 7 heteroatoms. The number of rotatable bonds is 2. The lowest BCUT2D eigenvalue weighted by Gasteiger charge is -2.35. The highest BCUT2D eigenvalue weighted by Gasteiger charge is 2.27. The van der Waals surface area contributed by atoms with Crippen molar-refractivity contribution in [2.24, 2.45) is 0 Å². The molecule has 1 aliphatic heterocycles. The normalized spacial score (nSPS) is 15.5. The molecule has 22 heavy (non-hydrogen) atoms. The molecule has 2 N–H and O–H groups in total. The predicted molar refractivity (Wildman–Crippen MR) is 81.0 cm³/mol. The van der Waals surface area contributed by atoms with Crippen molar-refractivity contribution in [2.75, 3.05) is 34.7 Å². The number of carbonyl (C=O) groups is 2. The third-order valence-electron chi connectivity index (χ3n) is 3.66. The van der Waals surface area contributed by atoms with Crippen molar-refractivity contribution in [3.05, 3.63) is 23.3 Å². The first-order valence-electron chi connectivity index (χ1n) is 7.11. The largest absolute Gasteiger partial charge is 0.412 e. The van der Waals surface area contributed by atoms with E-state index in [1.54, 1.807) is 12.1 Å². The maximum atomic E-state index is 11.5. The van der Waals surface area contributed by atoms with Gasteiger partial charge in [0.2, 0.25) is 0 Å². The third-order valence-corrected chi connectivity index (χ3v) is 3.66. The molecule has 0 aromatic heterocycles. The van der Waals surface area contributed by atoms with Gasteiger partial charge in [0.05, 0.1) is 20.6 Å². The quantitative estimate of drug-likeness (QED) is 0.806. The predicted octanol–water partition coefficient (Wildman–Crippen LogP) is 1.26. The number of hydrogen-bond donors (Lipinski definition) is 2. The van der Waals surface area contributed by atoms with Crippen molar-refractivity contribution in [1.29, 1.82) is 0 Å². The Morgan fingerprint density at radius 2 is 1.50 bits per heavy atom. The molecule has 2 rings (SSSR count). The van der Waals surface area contributed by atoms with Crippen molar-refractivity contribution < 1.29 is 23.5 Å². The zero-order valence-corrected chi connectivity index (χ0v) is 13.4. The van der Waals surface area contributed by atoms with E-state index in [0.717, 1.165) is 35.1 Å². The number of likely N-dealkylation sites (N-methyl/N-ethyl adjacent to an activating group) is 1. The minimum absolute atomic E-state index is 0.239. The average Bonchev–Trinajstić information content (AvgIpc) is 2.47. The highest BCUT2D eigenvalue weighted by molar-refractivity contribution is 5.74. The molecule has 0 bridgehead atoms. The van der Waals surface area contributed by atoms with Crippen LogP contribution in [0.4, 0.5) is 9.59 Å². The molecule has 0 saturated heterocycles. The molecule has 1 aliphatic rings. The number of benzene rings is 1. The molecule has 1 heterocycles. The van der Waals surface area contributed by atoms with Crippen LogP contribution in [0.1, 0.15) is 11.1 Å². The van der Waals surface area contributed by atoms with E-state index in [0.29, 0.717) is 0 Å². The van der Waals surface area contributed by atoms with Gasteiger partial charge in [0.1, 0.15) is 6.54 Å². The second-order valence-corrected chi connectivity index (χ2v) is 5.91. The smallest absolute Gasteiger partial charge is 0.406 e. The van der Waals surface area contributed by atoms with Crippen LogP contribution in [0.2, 0.25) is 0 Å². The van der Waals surface area contributed by atoms with Crippen LogP contribution in [0.3, 0.4) is 0 Å². The van der Waals surface area contributed by atoms with E-state index < -0.39 is 12.2 Å². The lowest BCUT2D eigenvalue weighted by Crippen LogP contribution is -2.43. The topological polar surface area (TPSA) is 76.7 Å². The second-order valence-electron chi connectivity index (χ2n) is 5.91. The molecule has 0 fully saturated rings. The maximum absolute atomic E-state index is 11.5. The number of fused-ring (bicyclic) bond motifs is 1. The van der Waals surface area contributed by atoms with E-state index in [2.05, 4.69) is 24.7 Å². The summed E-state index contributed by atoms with van der Waals surface area (Å²) in [7, 11) is 7.24. The first kappa shape index (κ1) is 16.1. The highest BCUT2D eigenvalue weighted by Crippen LogP contribution is 2.34. The summed E-state index contributed by atoms with van der Waals surface area (Å²) >= 11 is 0. The third kappa shape index (κ3) is 3.67. The molecule has 7 nitrogen and oxygen atoms in total. The summed E-state index contributed by atoms with van der Waals surface area (Å²) in [5, 5.41) is 4.76. The Balaban J connectivity index is 2.38. The fraction of sp³-hybridized carbons (Fsp3) is 0.467. The molecule has 0 aliphatic carbocycles. The first-order chi connectivity index (χ1) is 10.3. The molecule has 120 valence electrons. The molecular weight excluding hydrogens is 286 g/mol. The van der Waals surface area contributed by atoms with Crippen LogP contribution in [0, 0.1) is 0 Å². The number of nitrogens with zero attached hydrogens (tertiary/aromatic N) is 1. The minimum Gasteiger partial charge on any atom is -0.406 e. The van der Waals surface area contributed by atoms with E-state index in [1.165, 1.54) is 14.1 Å². The van der Waals surface area contributed by atoms with Crippen LogP contribution >= 0.6 is 0 Å². The van der Waals surface area contributed by atoms with Gasteiger partial charge < -0.3 is 24.6 Å². The fourth-order valence-electron chi connectivity index (χ4n) is 2.45. The molecular formula is C15H22N3O4+. The summed E-state index contributed by atoms with van der Waals surface area (Å²) in [6.45, 7) is 1.84. The monoisotopic (exact) mass is 308 g/mol. The highest BCUT2D eigenvalue weighted by atomic mass is 16.6. The molecule has 0 spiro atoms. The van der Waals surface area contributed by atoms with E-state index in [-0.39, 0.29) is 11.5 Å². The number of ether oxygens (including phenoxy) is 2. The molecule has 0 atom stereocenters. The van der Waals surface area contributed by atoms with Crippen LogP contribution in [0.25, 0.3) is 0 Å². The number of quaternary nitrogens is 1. The van der Waals surface area contributed by atoms with Crippen molar-refractivity contribution in [3.63, 3.8) is 0 Å². The van der Waals surface area contributed by atoms with Gasteiger partial charge in [-0.1, -0.05) is 0 Å². The Morgan fingerprint density at radius 3 is 2.00 bits per heavy atom. The van der Waals surface area contributed by atoms with Crippen LogP contribution in [-0.2, 0) is 13.0 Å². The Hall–Kier alpha value is -2.28. The zero-order valence-electron chi connectivity index (χ0n) is 13.4. The van der Waals surface area contributed by atoms with E-state index in [4.69, 9.17) is 9.47 Å². The van der Waals surface area contributed by atoms with Gasteiger partial charge >= 0.3 is 12.2 Å². The number of hydrogen-bond acceptors (Lipinski definition) is 4. The summed E-state index contributed by atoms with van der Waals surface area (Å²) in [5.41, 5.74) is 2.21. The Morgan fingerprint density at radius 1 is 1.00 bits per heavy atom. The van der Waals surface area contributed by atoms with Crippen LogP contribution in [-0.4, -0.2) is 51.4 Å². The summed E-state index contributed by atoms with van der Waals surface area (Å²) < 4.78 is 11.3. The van der Waals surface area contributed by atoms with Crippen molar-refractivity contribution in [2.45, 2.75) is 13.0 Å². The molecule has 0 unspecified atom stereocenters. The van der Waals surface area contributed by atoms with E-state index in [9.17, 15) is 9.59 Å². The number of carbonyl (C=O) groups excluding carboxylic acids is 2. The summed E-state index contributed by atoms with van der Waals surface area (Å²) in [5.74, 6) is 0.484. The standard InChI is InChI=1S/C15H21N3O4/c1-16-14(19)21-12-7-10-5-6-18(3,4)9-11(10)8-13(12)22-15(20)17-2/h7-8H,5-6,9H2,1-4H3,(H-,16,17,19,20)/p+1. The number of nitrogens with one attached hydrogen (secondary N) is 2. The summed E-state index contributed by atoms with van der Waals surface area (Å²) in [6, 6.07) is 3.56. The lowest BCUT2D eigenvalue weighted by atomic mass is 9.98. The second kappa shape index (κ2) is 6.23. The lowest BCUT2D eigenvalue weighted by molar-refractivity contribution is -0.905. The van der Waals surface area contributed by atoms with Crippen molar-refractivity contribution in [3.8, 4) is 11.5 Å². The Bertz CT molecular complexity index is 599. The molecule has 0 radical (unpaired) electrons. The minimum atomic E-state index is -0.605. The van der Waals surface area contributed by atoms with Gasteiger partial charge in [-0.25, -0.2) is 9.59 Å². The van der Waals surface area contributed by atoms with Gasteiger partial charge in [-0.15, -0.1) is 0 Å². The van der Waals surface area contributed by atoms with Crippen LogP contribution in [0.5, 0.6) is 11.5 Å². The Labute approximate surface area is 129 Å². The SMILES string of the molecule is CNC(=O)Oc1cc2c(cc1OC(=O)NC)C[N+](C)(C)CC2. The zero-order chi connectivity index (χ0) is 16.3. The van der Waals surface area contributed by atoms with Gasteiger partial charge in [0, 0.05) is 26.1 Å². The van der Waals surface area contributed by atoms with Gasteiger partial charge in [0.25, 0.3) is 0 Å². The molecule has 2 amide bonds. The molecule has 1 aromatic rings. The average molecular weight is 308 g/mol. The Kier molecular flexibility index (Phi) is 4.56. The first-order valence-corrected chi connectivity index (χ1v) is 7.11. The van der Waals surface area contributed by atoms with Gasteiger partial charge in [-0.3, -0.25) is 0 Å². The van der Waals surface area contributed by atoms with Gasteiger partial charge in [0.15, 0.2) is 11.5 Å². The van der Waals surface area contributed by atoms with Gasteiger partial charge in [-0.2, -0.15) is 0 Å². The number of amides is 2. The fourth-order valence-corrected chi connectivity index (χ4v) is 2.45. The molecule has 1 aromatic carbocycles. The van der Waals surface area contributed by atoms with Gasteiger partial charge in [-0.05, 0) is 17.7 Å². The van der Waals surface area contributed by atoms with E-state index in [1.807, 2.05) is 0 Å².